The second-order valence-corrected chi connectivity index (χ2v) is 13.3. The molecular formula is C37H45ClN10O8. The summed E-state index contributed by atoms with van der Waals surface area (Å²) in [5, 5.41) is 23.2. The van der Waals surface area contributed by atoms with Gasteiger partial charge in [-0.05, 0) is 87.2 Å². The highest BCUT2D eigenvalue weighted by molar-refractivity contribution is 6.30. The third-order valence-electron chi connectivity index (χ3n) is 8.53. The normalized spacial score (nSPS) is 14.3. The van der Waals surface area contributed by atoms with E-state index in [2.05, 4.69) is 36.6 Å². The Kier molecular flexibility index (Phi) is 15.5. The van der Waals surface area contributed by atoms with Gasteiger partial charge >= 0.3 is 0 Å². The van der Waals surface area contributed by atoms with Crippen LogP contribution in [-0.2, 0) is 19.2 Å². The molecule has 0 fully saturated rings. The highest BCUT2D eigenvalue weighted by Crippen LogP contribution is 2.22. The van der Waals surface area contributed by atoms with Crippen molar-refractivity contribution in [3.63, 3.8) is 0 Å². The molecule has 6 unspecified atom stereocenters. The Morgan fingerprint density at radius 2 is 1.43 bits per heavy atom. The summed E-state index contributed by atoms with van der Waals surface area (Å²) >= 11 is 5.96. The number of aliphatic hydroxyl groups excluding tert-OH is 1. The van der Waals surface area contributed by atoms with Gasteiger partial charge in [0.15, 0.2) is 11.2 Å². The first-order valence-electron chi connectivity index (χ1n) is 17.7. The number of carbonyl (C=O) groups excluding carboxylic acids is 6. The second-order valence-electron chi connectivity index (χ2n) is 12.8. The van der Waals surface area contributed by atoms with Crippen molar-refractivity contribution in [1.29, 1.82) is 0 Å². The smallest absolute Gasteiger partial charge is 0.269 e. The summed E-state index contributed by atoms with van der Waals surface area (Å²) in [6.07, 6.45) is -0.531. The zero-order valence-corrected chi connectivity index (χ0v) is 31.4. The number of carbonyl (C=O) groups is 6. The van der Waals surface area contributed by atoms with E-state index in [1.807, 2.05) is 12.1 Å². The van der Waals surface area contributed by atoms with Crippen LogP contribution in [-0.4, -0.2) is 99.9 Å². The van der Waals surface area contributed by atoms with E-state index in [0.29, 0.717) is 24.4 Å². The first-order chi connectivity index (χ1) is 26.7. The van der Waals surface area contributed by atoms with Crippen LogP contribution in [0.1, 0.15) is 54.2 Å². The molecule has 6 atom stereocenters. The third-order valence-corrected chi connectivity index (χ3v) is 8.78. The number of aliphatic hydroxyl groups is 1. The molecule has 0 aliphatic rings. The first kappa shape index (κ1) is 42.9. The second kappa shape index (κ2) is 20.2. The number of rotatable bonds is 19. The molecule has 4 rings (SSSR count). The number of hydrogen-bond acceptors (Lipinski definition) is 13. The number of halogens is 1. The fourth-order valence-corrected chi connectivity index (χ4v) is 5.47. The zero-order chi connectivity index (χ0) is 40.9. The Morgan fingerprint density at radius 3 is 2.04 bits per heavy atom. The van der Waals surface area contributed by atoms with Gasteiger partial charge in [0.1, 0.15) is 30.3 Å². The molecule has 2 aromatic heterocycles. The standard InChI is InChI=1S/C37H45ClN10O8/c1-19(32(51)44-25(6-3-4-16-39)34(53)47-30(41)29(50)37-48-31-27(56-37)7-5-17-42-31)43-36(55)28(20(2)49)46-35(54)26(18-40)45-33(52)23-10-8-21(9-11-23)22-12-14-24(38)15-13-22/h5,7-15,17,19-20,25-26,28,30,49H,3-4,6,16,18,39-41H2,1-2H3,(H,43,55)(H,44,51)(H,45,52)(H,46,54)(H,47,53). The number of nitrogens with one attached hydrogen (secondary N) is 5. The molecule has 56 heavy (non-hydrogen) atoms. The van der Waals surface area contributed by atoms with Gasteiger partial charge in [-0.3, -0.25) is 28.8 Å². The summed E-state index contributed by atoms with van der Waals surface area (Å²) < 4.78 is 5.39. The topological polar surface area (TPSA) is 300 Å². The van der Waals surface area contributed by atoms with Gasteiger partial charge in [-0.15, -0.1) is 0 Å². The molecular weight excluding hydrogens is 748 g/mol. The maximum atomic E-state index is 13.2. The van der Waals surface area contributed by atoms with Crippen molar-refractivity contribution < 1.29 is 38.3 Å². The highest BCUT2D eigenvalue weighted by Gasteiger charge is 2.33. The van der Waals surface area contributed by atoms with Crippen LogP contribution in [0.4, 0.5) is 0 Å². The summed E-state index contributed by atoms with van der Waals surface area (Å²) in [6.45, 7) is 2.54. The summed E-state index contributed by atoms with van der Waals surface area (Å²) in [5.41, 5.74) is 19.7. The summed E-state index contributed by atoms with van der Waals surface area (Å²) in [7, 11) is 0. The van der Waals surface area contributed by atoms with Crippen molar-refractivity contribution in [2.45, 2.75) is 69.5 Å². The Morgan fingerprint density at radius 1 is 0.786 bits per heavy atom. The van der Waals surface area contributed by atoms with Crippen LogP contribution in [0.2, 0.25) is 5.02 Å². The Bertz CT molecular complexity index is 1980. The van der Waals surface area contributed by atoms with Crippen molar-refractivity contribution in [3.05, 3.63) is 83.3 Å². The van der Waals surface area contributed by atoms with E-state index in [9.17, 15) is 33.9 Å². The lowest BCUT2D eigenvalue weighted by Crippen LogP contribution is -2.61. The molecule has 298 valence electrons. The minimum absolute atomic E-state index is 0.105. The molecule has 0 spiro atoms. The number of pyridine rings is 1. The van der Waals surface area contributed by atoms with Crippen LogP contribution in [0.15, 0.2) is 71.3 Å². The first-order valence-corrected chi connectivity index (χ1v) is 18.1. The number of Topliss-reactive ketones (excluding diaryl/α,β-unsaturated/α-hetero) is 1. The van der Waals surface area contributed by atoms with Gasteiger partial charge in [-0.1, -0.05) is 35.9 Å². The molecule has 2 heterocycles. The van der Waals surface area contributed by atoms with Crippen molar-refractivity contribution in [1.82, 2.24) is 36.6 Å². The van der Waals surface area contributed by atoms with Crippen molar-refractivity contribution in [2.75, 3.05) is 13.1 Å². The minimum atomic E-state index is -1.58. The lowest BCUT2D eigenvalue weighted by molar-refractivity contribution is -0.135. The number of benzene rings is 2. The van der Waals surface area contributed by atoms with Gasteiger partial charge < -0.3 is 53.3 Å². The number of amides is 5. The summed E-state index contributed by atoms with van der Waals surface area (Å²) in [4.78, 5) is 86.7. The summed E-state index contributed by atoms with van der Waals surface area (Å²) in [6, 6.07) is 11.5. The predicted octanol–water partition coefficient (Wildman–Crippen LogP) is -0.132. The molecule has 5 amide bonds. The molecule has 4 aromatic rings. The quantitative estimate of drug-likeness (QED) is 0.0340. The molecule has 0 radical (unpaired) electrons. The third kappa shape index (κ3) is 11.6. The van der Waals surface area contributed by atoms with E-state index in [0.717, 1.165) is 11.1 Å². The Balaban J connectivity index is 1.34. The van der Waals surface area contributed by atoms with Gasteiger partial charge in [0.05, 0.1) is 6.10 Å². The van der Waals surface area contributed by atoms with E-state index in [4.69, 9.17) is 33.2 Å². The van der Waals surface area contributed by atoms with E-state index in [1.165, 1.54) is 20.0 Å². The zero-order valence-electron chi connectivity index (χ0n) is 30.7. The molecule has 19 heteroatoms. The van der Waals surface area contributed by atoms with Crippen molar-refractivity contribution in [2.24, 2.45) is 17.2 Å². The maximum Gasteiger partial charge on any atom is 0.269 e. The molecule has 0 bridgehead atoms. The molecule has 0 saturated carbocycles. The van der Waals surface area contributed by atoms with Gasteiger partial charge in [0.25, 0.3) is 17.6 Å². The fraction of sp³-hybridized carbons (Fsp3) is 0.351. The molecule has 0 aliphatic carbocycles. The summed E-state index contributed by atoms with van der Waals surface area (Å²) in [5.74, 6) is -5.23. The lowest BCUT2D eigenvalue weighted by Gasteiger charge is -2.26. The van der Waals surface area contributed by atoms with E-state index < -0.39 is 71.8 Å². The fourth-order valence-electron chi connectivity index (χ4n) is 5.34. The number of hydrogen-bond donors (Lipinski definition) is 9. The van der Waals surface area contributed by atoms with Crippen LogP contribution in [0.25, 0.3) is 22.4 Å². The van der Waals surface area contributed by atoms with Crippen LogP contribution in [0.3, 0.4) is 0 Å². The number of nitrogens with zero attached hydrogens (tertiary/aromatic N) is 2. The van der Waals surface area contributed by atoms with Crippen LogP contribution in [0.5, 0.6) is 0 Å². The monoisotopic (exact) mass is 792 g/mol. The molecule has 0 aliphatic heterocycles. The van der Waals surface area contributed by atoms with E-state index in [1.54, 1.807) is 48.5 Å². The van der Waals surface area contributed by atoms with Crippen molar-refractivity contribution in [3.8, 4) is 11.1 Å². The largest absolute Gasteiger partial charge is 0.432 e. The molecule has 12 N–H and O–H groups in total. The van der Waals surface area contributed by atoms with Gasteiger partial charge in [0, 0.05) is 23.3 Å². The minimum Gasteiger partial charge on any atom is -0.432 e. The predicted molar refractivity (Wildman–Crippen MR) is 206 cm³/mol. The number of oxazole rings is 1. The number of nitrogens with two attached hydrogens (primary N) is 3. The van der Waals surface area contributed by atoms with Gasteiger partial charge in [-0.25, -0.2) is 4.98 Å². The average molecular weight is 793 g/mol. The number of aromatic nitrogens is 2. The molecule has 2 aromatic carbocycles. The van der Waals surface area contributed by atoms with Crippen LogP contribution >= 0.6 is 11.6 Å². The van der Waals surface area contributed by atoms with Gasteiger partial charge in [0.2, 0.25) is 23.6 Å². The lowest BCUT2D eigenvalue weighted by atomic mass is 10.0. The molecule has 0 saturated heterocycles. The number of unbranched alkanes of at least 4 members (excludes halogenated alkanes) is 1. The SMILES string of the molecule is CC(NC(=O)C(NC(=O)C(CN)NC(=O)c1ccc(-c2ccc(Cl)cc2)cc1)C(C)O)C(=O)NC(CCCCN)C(=O)NC(N)C(=O)c1nc2ncccc2o1. The van der Waals surface area contributed by atoms with E-state index in [-0.39, 0.29) is 35.6 Å². The average Bonchev–Trinajstić information content (AvgIpc) is 3.62. The number of ketones is 1. The highest BCUT2D eigenvalue weighted by atomic mass is 35.5. The Hall–Kier alpha value is -5.79. The van der Waals surface area contributed by atoms with Crippen molar-refractivity contribution >= 4 is 58.2 Å². The van der Waals surface area contributed by atoms with Gasteiger partial charge in [-0.2, -0.15) is 4.98 Å². The Labute approximate surface area is 326 Å². The van der Waals surface area contributed by atoms with Crippen LogP contribution < -0.4 is 43.8 Å². The van der Waals surface area contributed by atoms with Crippen LogP contribution in [0, 0.1) is 0 Å². The number of fused-ring (bicyclic) bond motifs is 1. The van der Waals surface area contributed by atoms with E-state index >= 15 is 0 Å². The maximum absolute atomic E-state index is 13.2. The molecule has 18 nitrogen and oxygen atoms in total.